The first kappa shape index (κ1) is 27.0. The second-order valence-electron chi connectivity index (χ2n) is 9.44. The van der Waals surface area contributed by atoms with Gasteiger partial charge in [0, 0.05) is 7.05 Å². The summed E-state index contributed by atoms with van der Waals surface area (Å²) < 4.78 is 5.34. The van der Waals surface area contributed by atoms with Gasteiger partial charge in [-0.25, -0.2) is 4.79 Å². The first-order valence-electron chi connectivity index (χ1n) is 12.4. The fraction of sp³-hybridized carbons (Fsp3) is 0.333. The van der Waals surface area contributed by atoms with Gasteiger partial charge in [0.05, 0.1) is 24.6 Å². The maximum atomic E-state index is 13.4. The normalized spacial score (nSPS) is 12.7. The summed E-state index contributed by atoms with van der Waals surface area (Å²) >= 11 is 0. The summed E-state index contributed by atoms with van der Waals surface area (Å²) in [6, 6.07) is 28.1. The highest BCUT2D eigenvalue weighted by Gasteiger charge is 2.29. The molecule has 2 N–H and O–H groups in total. The number of alkyl carbamates (subject to hydrolysis) is 1. The van der Waals surface area contributed by atoms with E-state index in [1.54, 1.807) is 11.9 Å². The van der Waals surface area contributed by atoms with Gasteiger partial charge in [0.2, 0.25) is 5.91 Å². The zero-order chi connectivity index (χ0) is 25.9. The Hall–Kier alpha value is -3.64. The van der Waals surface area contributed by atoms with E-state index in [0.29, 0.717) is 6.42 Å². The van der Waals surface area contributed by atoms with Gasteiger partial charge in [-0.05, 0) is 29.0 Å². The van der Waals surface area contributed by atoms with E-state index >= 15 is 0 Å². The van der Waals surface area contributed by atoms with Gasteiger partial charge >= 0.3 is 6.09 Å². The average Bonchev–Trinajstić information content (AvgIpc) is 2.88. The molecule has 3 aromatic carbocycles. The lowest BCUT2D eigenvalue weighted by molar-refractivity contribution is -0.134. The molecule has 6 heteroatoms. The van der Waals surface area contributed by atoms with Gasteiger partial charge in [-0.1, -0.05) is 105 Å². The largest absolute Gasteiger partial charge is 0.445 e. The third kappa shape index (κ3) is 7.95. The Morgan fingerprint density at radius 1 is 0.861 bits per heavy atom. The summed E-state index contributed by atoms with van der Waals surface area (Å²) in [6.07, 6.45) is -1.28. The molecule has 0 saturated carbocycles. The second kappa shape index (κ2) is 13.4. The molecule has 0 aliphatic rings. The van der Waals surface area contributed by atoms with Crippen LogP contribution >= 0.6 is 0 Å². The van der Waals surface area contributed by atoms with Crippen molar-refractivity contribution >= 4 is 12.0 Å². The van der Waals surface area contributed by atoms with Crippen LogP contribution in [0.2, 0.25) is 0 Å². The van der Waals surface area contributed by atoms with E-state index in [0.717, 1.165) is 16.7 Å². The van der Waals surface area contributed by atoms with Crippen molar-refractivity contribution in [2.24, 2.45) is 5.92 Å². The number of carbonyl (C=O) groups is 2. The fourth-order valence-corrected chi connectivity index (χ4v) is 4.26. The number of ether oxygens (including phenoxy) is 1. The molecule has 0 radical (unpaired) electrons. The lowest BCUT2D eigenvalue weighted by Crippen LogP contribution is -2.46. The Kier molecular flexibility index (Phi) is 10.1. The number of nitrogens with one attached hydrogen (secondary N) is 1. The number of rotatable bonds is 11. The summed E-state index contributed by atoms with van der Waals surface area (Å²) in [5, 5.41) is 13.8. The molecule has 0 unspecified atom stereocenters. The lowest BCUT2D eigenvalue weighted by atomic mass is 9.95. The number of hydrogen-bond acceptors (Lipinski definition) is 4. The second-order valence-corrected chi connectivity index (χ2v) is 9.44. The molecule has 0 spiro atoms. The molecule has 3 rings (SSSR count). The third-order valence-corrected chi connectivity index (χ3v) is 6.10. The molecule has 2 amide bonds. The van der Waals surface area contributed by atoms with Gasteiger partial charge in [-0.2, -0.15) is 0 Å². The maximum absolute atomic E-state index is 13.4. The molecule has 2 atom stereocenters. The van der Waals surface area contributed by atoms with Gasteiger partial charge in [-0.3, -0.25) is 4.79 Å². The molecule has 36 heavy (non-hydrogen) atoms. The summed E-state index contributed by atoms with van der Waals surface area (Å²) in [4.78, 5) is 27.5. The van der Waals surface area contributed by atoms with Crippen LogP contribution in [0.4, 0.5) is 4.79 Å². The van der Waals surface area contributed by atoms with Gasteiger partial charge in [0.25, 0.3) is 0 Å². The van der Waals surface area contributed by atoms with Crippen LogP contribution in [0, 0.1) is 5.92 Å². The molecule has 0 fully saturated rings. The average molecular weight is 489 g/mol. The number of aliphatic hydroxyl groups is 1. The summed E-state index contributed by atoms with van der Waals surface area (Å²) in [7, 11) is 1.75. The molecular formula is C30H36N2O4. The highest BCUT2D eigenvalue weighted by molar-refractivity contribution is 5.78. The Morgan fingerprint density at radius 2 is 1.36 bits per heavy atom. The van der Waals surface area contributed by atoms with Gasteiger partial charge in [0.1, 0.15) is 6.61 Å². The van der Waals surface area contributed by atoms with Crippen LogP contribution in [0.15, 0.2) is 91.0 Å². The molecule has 0 aromatic heterocycles. The standard InChI is InChI=1S/C30H36N2O4/c1-22(2)19-26(31-30(35)36-21-23-13-7-4-8-14-23)27(33)20-28(34)32(3)29(24-15-9-5-10-16-24)25-17-11-6-12-18-25/h4-18,22,26-27,29,33H,19-21H2,1-3H3,(H,31,35)/t26-,27-/m0/s1. The Labute approximate surface area is 213 Å². The zero-order valence-electron chi connectivity index (χ0n) is 21.2. The van der Waals surface area contributed by atoms with Crippen LogP contribution in [-0.2, 0) is 16.1 Å². The van der Waals surface area contributed by atoms with Crippen LogP contribution in [-0.4, -0.2) is 41.2 Å². The maximum Gasteiger partial charge on any atom is 0.407 e. The molecule has 0 aliphatic carbocycles. The quantitative estimate of drug-likeness (QED) is 0.383. The van der Waals surface area contributed by atoms with E-state index in [4.69, 9.17) is 4.74 Å². The number of aliphatic hydroxyl groups excluding tert-OH is 1. The Morgan fingerprint density at radius 3 is 1.86 bits per heavy atom. The molecule has 0 aliphatic heterocycles. The number of benzene rings is 3. The Bertz CT molecular complexity index is 1030. The van der Waals surface area contributed by atoms with Crippen LogP contribution in [0.3, 0.4) is 0 Å². The lowest BCUT2D eigenvalue weighted by Gasteiger charge is -2.31. The summed E-state index contributed by atoms with van der Waals surface area (Å²) in [6.45, 7) is 4.14. The monoisotopic (exact) mass is 488 g/mol. The van der Waals surface area contributed by atoms with Crippen molar-refractivity contribution in [2.75, 3.05) is 7.05 Å². The Balaban J connectivity index is 1.68. The smallest absolute Gasteiger partial charge is 0.407 e. The fourth-order valence-electron chi connectivity index (χ4n) is 4.26. The number of carbonyl (C=O) groups excluding carboxylic acids is 2. The minimum absolute atomic E-state index is 0.122. The molecular weight excluding hydrogens is 452 g/mol. The van der Waals surface area contributed by atoms with E-state index in [2.05, 4.69) is 5.32 Å². The first-order valence-corrected chi connectivity index (χ1v) is 12.4. The number of hydrogen-bond donors (Lipinski definition) is 2. The minimum Gasteiger partial charge on any atom is -0.445 e. The van der Waals surface area contributed by atoms with Crippen molar-refractivity contribution in [3.63, 3.8) is 0 Å². The van der Waals surface area contributed by atoms with Crippen molar-refractivity contribution in [3.05, 3.63) is 108 Å². The number of amides is 2. The van der Waals surface area contributed by atoms with Crippen LogP contribution in [0.1, 0.15) is 49.4 Å². The van der Waals surface area contributed by atoms with Crippen molar-refractivity contribution in [3.8, 4) is 0 Å². The summed E-state index contributed by atoms with van der Waals surface area (Å²) in [5.74, 6) is -0.0123. The predicted molar refractivity (Wildman–Crippen MR) is 141 cm³/mol. The van der Waals surface area contributed by atoms with Crippen LogP contribution < -0.4 is 5.32 Å². The summed E-state index contributed by atoms with van der Waals surface area (Å²) in [5.41, 5.74) is 2.84. The zero-order valence-corrected chi connectivity index (χ0v) is 21.2. The first-order chi connectivity index (χ1) is 17.3. The highest BCUT2D eigenvalue weighted by Crippen LogP contribution is 2.28. The van der Waals surface area contributed by atoms with E-state index in [1.165, 1.54) is 0 Å². The minimum atomic E-state index is -1.06. The van der Waals surface area contributed by atoms with Gasteiger partial charge in [0.15, 0.2) is 0 Å². The van der Waals surface area contributed by atoms with Crippen LogP contribution in [0.5, 0.6) is 0 Å². The molecule has 190 valence electrons. The molecule has 6 nitrogen and oxygen atoms in total. The van der Waals surface area contributed by atoms with E-state index in [9.17, 15) is 14.7 Å². The van der Waals surface area contributed by atoms with Crippen molar-refractivity contribution in [1.82, 2.24) is 10.2 Å². The SMILES string of the molecule is CC(C)C[C@H](NC(=O)OCc1ccccc1)[C@@H](O)CC(=O)N(C)C(c1ccccc1)c1ccccc1. The number of nitrogens with zero attached hydrogens (tertiary/aromatic N) is 1. The molecule has 0 saturated heterocycles. The van der Waals surface area contributed by atoms with E-state index in [-0.39, 0.29) is 30.9 Å². The molecule has 3 aromatic rings. The predicted octanol–water partition coefficient (Wildman–Crippen LogP) is 5.33. The topological polar surface area (TPSA) is 78.9 Å². The van der Waals surface area contributed by atoms with Crippen molar-refractivity contribution in [2.45, 2.75) is 51.5 Å². The van der Waals surface area contributed by atoms with Gasteiger partial charge < -0.3 is 20.1 Å². The highest BCUT2D eigenvalue weighted by atomic mass is 16.5. The third-order valence-electron chi connectivity index (χ3n) is 6.10. The molecule has 0 bridgehead atoms. The molecule has 0 heterocycles. The van der Waals surface area contributed by atoms with Crippen molar-refractivity contribution < 1.29 is 19.4 Å². The van der Waals surface area contributed by atoms with E-state index in [1.807, 2.05) is 105 Å². The van der Waals surface area contributed by atoms with Crippen LogP contribution in [0.25, 0.3) is 0 Å². The van der Waals surface area contributed by atoms with E-state index < -0.39 is 18.2 Å². The van der Waals surface area contributed by atoms with Crippen molar-refractivity contribution in [1.29, 1.82) is 0 Å². The van der Waals surface area contributed by atoms with Gasteiger partial charge in [-0.15, -0.1) is 0 Å².